The monoisotopic (exact) mass is 257 g/mol. The quantitative estimate of drug-likeness (QED) is 0.878. The van der Waals surface area contributed by atoms with Crippen molar-refractivity contribution in [1.82, 2.24) is 14.9 Å². The van der Waals surface area contributed by atoms with Crippen molar-refractivity contribution in [1.29, 1.82) is 0 Å². The fraction of sp³-hybridized carbons (Fsp3) is 0.357. The lowest BCUT2D eigenvalue weighted by atomic mass is 10.1. The Labute approximate surface area is 110 Å². The number of fused-ring (bicyclic) bond motifs is 1. The zero-order chi connectivity index (χ0) is 13.2. The SMILES string of the molecule is O=C(c1cccc2nccnc12)N1CCCC1CO. The lowest BCUT2D eigenvalue weighted by Gasteiger charge is -2.23. The topological polar surface area (TPSA) is 66.3 Å². The van der Waals surface area contributed by atoms with Crippen molar-refractivity contribution in [2.45, 2.75) is 18.9 Å². The van der Waals surface area contributed by atoms with Crippen molar-refractivity contribution >= 4 is 16.9 Å². The minimum Gasteiger partial charge on any atom is -0.394 e. The number of likely N-dealkylation sites (tertiary alicyclic amines) is 1. The van der Waals surface area contributed by atoms with Gasteiger partial charge in [-0.2, -0.15) is 0 Å². The molecule has 98 valence electrons. The van der Waals surface area contributed by atoms with Gasteiger partial charge in [-0.15, -0.1) is 0 Å². The number of carbonyl (C=O) groups excluding carboxylic acids is 1. The van der Waals surface area contributed by atoms with Gasteiger partial charge in [0.2, 0.25) is 0 Å². The number of aromatic nitrogens is 2. The second kappa shape index (κ2) is 4.93. The fourth-order valence-electron chi connectivity index (χ4n) is 2.61. The second-order valence-corrected chi connectivity index (χ2v) is 4.71. The summed E-state index contributed by atoms with van der Waals surface area (Å²) in [5, 5.41) is 9.32. The smallest absolute Gasteiger partial charge is 0.256 e. The van der Waals surface area contributed by atoms with Crippen LogP contribution < -0.4 is 0 Å². The molecule has 0 bridgehead atoms. The molecule has 1 aromatic carbocycles. The lowest BCUT2D eigenvalue weighted by molar-refractivity contribution is 0.0679. The van der Waals surface area contributed by atoms with Gasteiger partial charge in [0, 0.05) is 18.9 Å². The van der Waals surface area contributed by atoms with E-state index in [4.69, 9.17) is 0 Å². The second-order valence-electron chi connectivity index (χ2n) is 4.71. The molecule has 5 heteroatoms. The number of hydrogen-bond donors (Lipinski definition) is 1. The molecule has 1 fully saturated rings. The number of nitrogens with zero attached hydrogens (tertiary/aromatic N) is 3. The Balaban J connectivity index is 2.02. The van der Waals surface area contributed by atoms with Gasteiger partial charge in [-0.05, 0) is 25.0 Å². The number of aliphatic hydroxyl groups excluding tert-OH is 1. The first-order chi connectivity index (χ1) is 9.31. The average Bonchev–Trinajstić information content (AvgIpc) is 2.94. The van der Waals surface area contributed by atoms with Crippen molar-refractivity contribution in [3.8, 4) is 0 Å². The Bertz CT molecular complexity index is 609. The Kier molecular flexibility index (Phi) is 3.13. The number of aliphatic hydroxyl groups is 1. The number of benzene rings is 1. The van der Waals surface area contributed by atoms with Crippen LogP contribution in [0.5, 0.6) is 0 Å². The largest absolute Gasteiger partial charge is 0.394 e. The Morgan fingerprint density at radius 1 is 1.37 bits per heavy atom. The molecule has 1 aliphatic heterocycles. The van der Waals surface area contributed by atoms with E-state index in [2.05, 4.69) is 9.97 Å². The molecule has 2 heterocycles. The minimum atomic E-state index is -0.0700. The first-order valence-electron chi connectivity index (χ1n) is 6.43. The number of hydrogen-bond acceptors (Lipinski definition) is 4. The van der Waals surface area contributed by atoms with Crippen LogP contribution in [-0.4, -0.2) is 45.1 Å². The first-order valence-corrected chi connectivity index (χ1v) is 6.43. The molecule has 3 rings (SSSR count). The number of amides is 1. The van der Waals surface area contributed by atoms with E-state index in [0.717, 1.165) is 12.8 Å². The van der Waals surface area contributed by atoms with Crippen LogP contribution >= 0.6 is 0 Å². The summed E-state index contributed by atoms with van der Waals surface area (Å²) in [6, 6.07) is 5.35. The van der Waals surface area contributed by atoms with Gasteiger partial charge in [0.15, 0.2) is 0 Å². The summed E-state index contributed by atoms with van der Waals surface area (Å²) in [6.45, 7) is 0.711. The van der Waals surface area contributed by atoms with Gasteiger partial charge >= 0.3 is 0 Å². The van der Waals surface area contributed by atoms with E-state index in [0.29, 0.717) is 23.1 Å². The maximum Gasteiger partial charge on any atom is 0.256 e. The third-order valence-electron chi connectivity index (χ3n) is 3.58. The van der Waals surface area contributed by atoms with E-state index in [-0.39, 0.29) is 18.6 Å². The highest BCUT2D eigenvalue weighted by Gasteiger charge is 2.29. The van der Waals surface area contributed by atoms with E-state index in [1.165, 1.54) is 0 Å². The molecule has 1 amide bonds. The molecule has 1 aliphatic rings. The Morgan fingerprint density at radius 2 is 2.21 bits per heavy atom. The average molecular weight is 257 g/mol. The van der Waals surface area contributed by atoms with E-state index < -0.39 is 0 Å². The summed E-state index contributed by atoms with van der Waals surface area (Å²) >= 11 is 0. The van der Waals surface area contributed by atoms with E-state index in [1.54, 1.807) is 23.4 Å². The highest BCUT2D eigenvalue weighted by atomic mass is 16.3. The molecule has 1 saturated heterocycles. The molecule has 0 spiro atoms. The highest BCUT2D eigenvalue weighted by Crippen LogP contribution is 2.22. The standard InChI is InChI=1S/C14H15N3O2/c18-9-10-3-2-8-17(10)14(19)11-4-1-5-12-13(11)16-7-6-15-12/h1,4-7,10,18H,2-3,8-9H2. The molecule has 1 aromatic heterocycles. The van der Waals surface area contributed by atoms with Gasteiger partial charge in [-0.25, -0.2) is 0 Å². The van der Waals surface area contributed by atoms with Crippen molar-refractivity contribution in [2.75, 3.05) is 13.2 Å². The van der Waals surface area contributed by atoms with E-state index >= 15 is 0 Å². The van der Waals surface area contributed by atoms with Crippen LogP contribution in [0.3, 0.4) is 0 Å². The molecule has 0 radical (unpaired) electrons. The third kappa shape index (κ3) is 2.06. The summed E-state index contributed by atoms with van der Waals surface area (Å²) in [5.41, 5.74) is 1.90. The zero-order valence-corrected chi connectivity index (χ0v) is 10.5. The van der Waals surface area contributed by atoms with Gasteiger partial charge in [0.25, 0.3) is 5.91 Å². The van der Waals surface area contributed by atoms with E-state index in [9.17, 15) is 9.90 Å². The zero-order valence-electron chi connectivity index (χ0n) is 10.5. The summed E-state index contributed by atoms with van der Waals surface area (Å²) in [7, 11) is 0. The van der Waals surface area contributed by atoms with Crippen LogP contribution in [0.4, 0.5) is 0 Å². The van der Waals surface area contributed by atoms with Gasteiger partial charge in [-0.1, -0.05) is 6.07 Å². The maximum absolute atomic E-state index is 12.6. The number of carbonyl (C=O) groups is 1. The van der Waals surface area contributed by atoms with Crippen LogP contribution in [0.25, 0.3) is 11.0 Å². The van der Waals surface area contributed by atoms with Gasteiger partial charge < -0.3 is 10.0 Å². The first kappa shape index (κ1) is 12.0. The predicted octanol–water partition coefficient (Wildman–Crippen LogP) is 1.23. The molecule has 19 heavy (non-hydrogen) atoms. The maximum atomic E-state index is 12.6. The van der Waals surface area contributed by atoms with Crippen LogP contribution in [0.15, 0.2) is 30.6 Å². The summed E-state index contributed by atoms with van der Waals surface area (Å²) < 4.78 is 0. The van der Waals surface area contributed by atoms with E-state index in [1.807, 2.05) is 12.1 Å². The molecule has 2 aromatic rings. The molecule has 1 N–H and O–H groups in total. The third-order valence-corrected chi connectivity index (χ3v) is 3.58. The highest BCUT2D eigenvalue weighted by molar-refractivity contribution is 6.04. The molecule has 1 unspecified atom stereocenters. The molecule has 0 aliphatic carbocycles. The summed E-state index contributed by atoms with van der Waals surface area (Å²) in [6.07, 6.45) is 5.00. The summed E-state index contributed by atoms with van der Waals surface area (Å²) in [5.74, 6) is -0.0670. The van der Waals surface area contributed by atoms with Crippen molar-refractivity contribution < 1.29 is 9.90 Å². The lowest BCUT2D eigenvalue weighted by Crippen LogP contribution is -2.37. The van der Waals surface area contributed by atoms with Crippen LogP contribution in [0, 0.1) is 0 Å². The van der Waals surface area contributed by atoms with Gasteiger partial charge in [0.05, 0.1) is 23.7 Å². The molecular weight excluding hydrogens is 242 g/mol. The number of para-hydroxylation sites is 1. The Morgan fingerprint density at radius 3 is 3.05 bits per heavy atom. The van der Waals surface area contributed by atoms with Crippen molar-refractivity contribution in [2.24, 2.45) is 0 Å². The van der Waals surface area contributed by atoms with Gasteiger partial charge in [-0.3, -0.25) is 14.8 Å². The summed E-state index contributed by atoms with van der Waals surface area (Å²) in [4.78, 5) is 22.8. The predicted molar refractivity (Wildman–Crippen MR) is 70.7 cm³/mol. The molecule has 1 atom stereocenters. The van der Waals surface area contributed by atoms with Crippen LogP contribution in [-0.2, 0) is 0 Å². The van der Waals surface area contributed by atoms with Crippen LogP contribution in [0.2, 0.25) is 0 Å². The molecular formula is C14H15N3O2. The van der Waals surface area contributed by atoms with Crippen LogP contribution in [0.1, 0.15) is 23.2 Å². The van der Waals surface area contributed by atoms with Crippen molar-refractivity contribution in [3.63, 3.8) is 0 Å². The number of rotatable bonds is 2. The van der Waals surface area contributed by atoms with Gasteiger partial charge in [0.1, 0.15) is 5.52 Å². The molecule has 5 nitrogen and oxygen atoms in total. The Hall–Kier alpha value is -2.01. The normalized spacial score (nSPS) is 19.0. The minimum absolute atomic E-state index is 0.0161. The molecule has 0 saturated carbocycles. The van der Waals surface area contributed by atoms with Crippen molar-refractivity contribution in [3.05, 3.63) is 36.2 Å². The fourth-order valence-corrected chi connectivity index (χ4v) is 2.61.